The van der Waals surface area contributed by atoms with Crippen LogP contribution in [0.25, 0.3) is 11.0 Å². The van der Waals surface area contributed by atoms with Crippen LogP contribution in [0.1, 0.15) is 28.4 Å². The molecule has 21 heavy (non-hydrogen) atoms. The number of aromatic amines is 2. The number of aryl methyl sites for hydroxylation is 1. The summed E-state index contributed by atoms with van der Waals surface area (Å²) >= 11 is 7.40. The summed E-state index contributed by atoms with van der Waals surface area (Å²) in [6, 6.07) is 12.3. The minimum absolute atomic E-state index is 0.0748. The van der Waals surface area contributed by atoms with E-state index in [1.807, 2.05) is 18.2 Å². The van der Waals surface area contributed by atoms with Crippen molar-refractivity contribution in [3.05, 3.63) is 68.0 Å². The molecule has 2 aromatic carbocycles. The monoisotopic (exact) mass is 408 g/mol. The third-order valence-corrected chi connectivity index (χ3v) is 5.29. The summed E-state index contributed by atoms with van der Waals surface area (Å²) in [5.74, 6) is 0. The molecule has 0 fully saturated rings. The van der Waals surface area contributed by atoms with E-state index in [2.05, 4.69) is 67.0 Å². The molecule has 0 saturated carbocycles. The molecule has 3 rings (SSSR count). The fourth-order valence-corrected chi connectivity index (χ4v) is 4.24. The predicted molar refractivity (Wildman–Crippen MR) is 93.2 cm³/mol. The highest BCUT2D eigenvalue weighted by molar-refractivity contribution is 9.11. The third kappa shape index (κ3) is 2.72. The van der Waals surface area contributed by atoms with E-state index in [0.717, 1.165) is 27.5 Å². The molecule has 1 unspecified atom stereocenters. The first kappa shape index (κ1) is 14.6. The minimum atomic E-state index is -0.186. The van der Waals surface area contributed by atoms with E-state index in [9.17, 15) is 4.79 Å². The highest BCUT2D eigenvalue weighted by Crippen LogP contribution is 2.38. The van der Waals surface area contributed by atoms with Gasteiger partial charge < -0.3 is 9.97 Å². The number of fused-ring (bicyclic) bond motifs is 1. The Bertz CT molecular complexity index is 851. The van der Waals surface area contributed by atoms with Gasteiger partial charge in [0.25, 0.3) is 0 Å². The average molecular weight is 410 g/mol. The smallest absolute Gasteiger partial charge is 0.306 e. The van der Waals surface area contributed by atoms with Crippen LogP contribution in [0, 0.1) is 0 Å². The fraction of sp³-hybridized carbons (Fsp3) is 0.188. The van der Waals surface area contributed by atoms with E-state index in [0.29, 0.717) is 0 Å². The first-order valence-electron chi connectivity index (χ1n) is 6.73. The van der Waals surface area contributed by atoms with E-state index in [-0.39, 0.29) is 10.5 Å². The summed E-state index contributed by atoms with van der Waals surface area (Å²) in [5.41, 5.74) is 5.09. The molecule has 1 heterocycles. The molecule has 0 aliphatic heterocycles. The maximum absolute atomic E-state index is 11.4. The van der Waals surface area contributed by atoms with Crippen molar-refractivity contribution in [2.45, 2.75) is 18.2 Å². The van der Waals surface area contributed by atoms with Gasteiger partial charge >= 0.3 is 5.69 Å². The molecular formula is C16H14Br2N2O. The number of hydrogen-bond acceptors (Lipinski definition) is 1. The van der Waals surface area contributed by atoms with Crippen LogP contribution in [0.4, 0.5) is 0 Å². The second-order valence-electron chi connectivity index (χ2n) is 4.91. The summed E-state index contributed by atoms with van der Waals surface area (Å²) in [5, 5.41) is 0. The topological polar surface area (TPSA) is 48.6 Å². The third-order valence-electron chi connectivity index (χ3n) is 3.62. The van der Waals surface area contributed by atoms with E-state index in [1.54, 1.807) is 0 Å². The highest BCUT2D eigenvalue weighted by Gasteiger charge is 2.17. The predicted octanol–water partition coefficient (Wildman–Crippen LogP) is 4.67. The van der Waals surface area contributed by atoms with E-state index < -0.39 is 0 Å². The zero-order valence-electron chi connectivity index (χ0n) is 11.4. The lowest BCUT2D eigenvalue weighted by molar-refractivity contribution is 1.05. The Morgan fingerprint density at radius 1 is 1.10 bits per heavy atom. The Morgan fingerprint density at radius 3 is 2.48 bits per heavy atom. The molecule has 1 atom stereocenters. The van der Waals surface area contributed by atoms with E-state index >= 15 is 0 Å². The van der Waals surface area contributed by atoms with Gasteiger partial charge in [0, 0.05) is 4.47 Å². The Hall–Kier alpha value is -1.33. The molecule has 3 aromatic rings. The first-order valence-corrected chi connectivity index (χ1v) is 8.44. The molecule has 0 spiro atoms. The molecule has 108 valence electrons. The number of rotatable bonds is 3. The van der Waals surface area contributed by atoms with Gasteiger partial charge in [-0.1, -0.05) is 63.0 Å². The van der Waals surface area contributed by atoms with E-state index in [4.69, 9.17) is 0 Å². The van der Waals surface area contributed by atoms with Crippen LogP contribution in [0.15, 0.2) is 45.7 Å². The molecule has 0 aliphatic rings. The lowest BCUT2D eigenvalue weighted by Crippen LogP contribution is -1.99. The lowest BCUT2D eigenvalue weighted by Gasteiger charge is -2.16. The van der Waals surface area contributed by atoms with Gasteiger partial charge in [0.1, 0.15) is 0 Å². The number of imidazole rings is 1. The number of aromatic nitrogens is 2. The Morgan fingerprint density at radius 2 is 1.76 bits per heavy atom. The zero-order chi connectivity index (χ0) is 15.0. The standard InChI is InChI=1S/C16H14Br2N2O/c1-2-9-5-3-4-6-10(9)15(18)11-7-13-14(8-12(11)17)20-16(21)19-13/h3-8,15H,2H2,1H3,(H2,19,20,21). The molecular weight excluding hydrogens is 396 g/mol. The quantitative estimate of drug-likeness (QED) is 0.607. The summed E-state index contributed by atoms with van der Waals surface area (Å²) in [6.45, 7) is 2.15. The normalized spacial score (nSPS) is 12.7. The van der Waals surface area contributed by atoms with Crippen molar-refractivity contribution < 1.29 is 0 Å². The van der Waals surface area contributed by atoms with Gasteiger partial charge in [-0.15, -0.1) is 0 Å². The lowest BCUT2D eigenvalue weighted by atomic mass is 9.98. The van der Waals surface area contributed by atoms with Crippen molar-refractivity contribution in [3.8, 4) is 0 Å². The van der Waals surface area contributed by atoms with Crippen LogP contribution < -0.4 is 5.69 Å². The van der Waals surface area contributed by atoms with Gasteiger partial charge in [-0.05, 0) is 35.2 Å². The van der Waals surface area contributed by atoms with Crippen molar-refractivity contribution in [1.82, 2.24) is 9.97 Å². The van der Waals surface area contributed by atoms with Gasteiger partial charge in [0.05, 0.1) is 15.9 Å². The molecule has 5 heteroatoms. The van der Waals surface area contributed by atoms with E-state index in [1.165, 1.54) is 11.1 Å². The van der Waals surface area contributed by atoms with Crippen molar-refractivity contribution in [2.75, 3.05) is 0 Å². The van der Waals surface area contributed by atoms with Crippen LogP contribution in [-0.4, -0.2) is 9.97 Å². The van der Waals surface area contributed by atoms with Gasteiger partial charge in [0.15, 0.2) is 0 Å². The number of nitrogens with one attached hydrogen (secondary N) is 2. The van der Waals surface area contributed by atoms with Crippen molar-refractivity contribution in [3.63, 3.8) is 0 Å². The van der Waals surface area contributed by atoms with Crippen molar-refractivity contribution >= 4 is 42.9 Å². The van der Waals surface area contributed by atoms with Gasteiger partial charge in [0.2, 0.25) is 0 Å². The summed E-state index contributed by atoms with van der Waals surface area (Å²) < 4.78 is 0.970. The molecule has 1 aromatic heterocycles. The van der Waals surface area contributed by atoms with Crippen molar-refractivity contribution in [2.24, 2.45) is 0 Å². The molecule has 0 bridgehead atoms. The number of H-pyrrole nitrogens is 2. The Labute approximate surface area is 139 Å². The molecule has 0 saturated heterocycles. The summed E-state index contributed by atoms with van der Waals surface area (Å²) in [7, 11) is 0. The van der Waals surface area contributed by atoms with Crippen LogP contribution in [0.3, 0.4) is 0 Å². The molecule has 3 nitrogen and oxygen atoms in total. The van der Waals surface area contributed by atoms with Crippen LogP contribution in [0.5, 0.6) is 0 Å². The molecule has 0 radical (unpaired) electrons. The molecule has 0 aliphatic carbocycles. The maximum Gasteiger partial charge on any atom is 0.323 e. The largest absolute Gasteiger partial charge is 0.323 e. The second kappa shape index (κ2) is 5.81. The van der Waals surface area contributed by atoms with Gasteiger partial charge in [-0.2, -0.15) is 0 Å². The second-order valence-corrected chi connectivity index (χ2v) is 6.68. The highest BCUT2D eigenvalue weighted by atomic mass is 79.9. The van der Waals surface area contributed by atoms with Crippen LogP contribution in [-0.2, 0) is 6.42 Å². The number of alkyl halides is 1. The molecule has 0 amide bonds. The average Bonchev–Trinajstić information content (AvgIpc) is 2.84. The SMILES string of the molecule is CCc1ccccc1C(Br)c1cc2[nH]c(=O)[nH]c2cc1Br. The van der Waals surface area contributed by atoms with Gasteiger partial charge in [-0.25, -0.2) is 4.79 Å². The van der Waals surface area contributed by atoms with Crippen LogP contribution in [0.2, 0.25) is 0 Å². The summed E-state index contributed by atoms with van der Waals surface area (Å²) in [6.07, 6.45) is 0.985. The summed E-state index contributed by atoms with van der Waals surface area (Å²) in [4.78, 5) is 17.1. The number of halogens is 2. The first-order chi connectivity index (χ1) is 10.1. The fourth-order valence-electron chi connectivity index (χ4n) is 2.54. The maximum atomic E-state index is 11.4. The van der Waals surface area contributed by atoms with Crippen molar-refractivity contribution in [1.29, 1.82) is 0 Å². The minimum Gasteiger partial charge on any atom is -0.306 e. The number of hydrogen-bond donors (Lipinski definition) is 2. The Kier molecular flexibility index (Phi) is 4.04. The zero-order valence-corrected chi connectivity index (χ0v) is 14.6. The molecule has 2 N–H and O–H groups in total. The Balaban J connectivity index is 2.14. The van der Waals surface area contributed by atoms with Gasteiger partial charge in [-0.3, -0.25) is 0 Å². The number of benzene rings is 2. The van der Waals surface area contributed by atoms with Crippen LogP contribution >= 0.6 is 31.9 Å².